The second-order valence-electron chi connectivity index (χ2n) is 2.92. The van der Waals surface area contributed by atoms with Crippen LogP contribution < -0.4 is 5.32 Å². The molecule has 0 aliphatic carbocycles. The van der Waals surface area contributed by atoms with Gasteiger partial charge in [0.25, 0.3) is 6.67 Å². The van der Waals surface area contributed by atoms with Gasteiger partial charge in [-0.1, -0.05) is 0 Å². The molecule has 0 unspecified atom stereocenters. The van der Waals surface area contributed by atoms with Crippen LogP contribution >= 0.6 is 0 Å². The molecule has 0 amide bonds. The van der Waals surface area contributed by atoms with Crippen molar-refractivity contribution < 1.29 is 4.92 Å². The van der Waals surface area contributed by atoms with E-state index in [4.69, 9.17) is 0 Å². The van der Waals surface area contributed by atoms with Gasteiger partial charge in [0, 0.05) is 10.5 Å². The highest BCUT2D eigenvalue weighted by Crippen LogP contribution is 1.96. The Labute approximate surface area is 54.4 Å². The van der Waals surface area contributed by atoms with E-state index in [0.29, 0.717) is 0 Å². The van der Waals surface area contributed by atoms with Crippen LogP contribution in [0.2, 0.25) is 0 Å². The van der Waals surface area contributed by atoms with Gasteiger partial charge in [-0.25, -0.2) is 0 Å². The maximum absolute atomic E-state index is 9.79. The Morgan fingerprint density at radius 1 is 1.56 bits per heavy atom. The van der Waals surface area contributed by atoms with Crippen LogP contribution in [0.1, 0.15) is 20.8 Å². The number of nitro groups is 1. The van der Waals surface area contributed by atoms with Gasteiger partial charge in [0.15, 0.2) is 0 Å². The average molecular weight is 132 g/mol. The lowest BCUT2D eigenvalue weighted by Gasteiger charge is -2.16. The molecule has 0 aliphatic heterocycles. The normalized spacial score (nSPS) is 11.4. The second kappa shape index (κ2) is 2.77. The van der Waals surface area contributed by atoms with E-state index < -0.39 is 0 Å². The minimum absolute atomic E-state index is 0.160. The Bertz CT molecular complexity index is 106. The van der Waals surface area contributed by atoms with Crippen LogP contribution in [0.3, 0.4) is 0 Å². The second-order valence-corrected chi connectivity index (χ2v) is 2.92. The van der Waals surface area contributed by atoms with Crippen molar-refractivity contribution in [2.75, 3.05) is 6.67 Å². The minimum Gasteiger partial charge on any atom is -0.263 e. The Hall–Kier alpha value is -0.640. The molecule has 54 valence electrons. The first-order chi connectivity index (χ1) is 3.92. The van der Waals surface area contributed by atoms with Crippen LogP contribution in [0.5, 0.6) is 0 Å². The number of rotatable bonds is 2. The van der Waals surface area contributed by atoms with E-state index in [9.17, 15) is 10.1 Å². The summed E-state index contributed by atoms with van der Waals surface area (Å²) >= 11 is 0. The third-order valence-corrected chi connectivity index (χ3v) is 0.738. The number of nitrogens with zero attached hydrogens (tertiary/aromatic N) is 1. The summed E-state index contributed by atoms with van der Waals surface area (Å²) in [4.78, 5) is 9.41. The van der Waals surface area contributed by atoms with Crippen LogP contribution in [0, 0.1) is 10.1 Å². The molecule has 0 fully saturated rings. The molecule has 0 rings (SSSR count). The van der Waals surface area contributed by atoms with Crippen LogP contribution in [0.25, 0.3) is 0 Å². The predicted molar refractivity (Wildman–Crippen MR) is 34.8 cm³/mol. The van der Waals surface area contributed by atoms with E-state index in [2.05, 4.69) is 5.32 Å². The standard InChI is InChI=1S/C5H12N2O2/c1-5(2,3)6-4-7(8)9/h6H,4H2,1-3H3. The van der Waals surface area contributed by atoms with E-state index in [1.165, 1.54) is 0 Å². The van der Waals surface area contributed by atoms with Crippen LogP contribution in [0.15, 0.2) is 0 Å². The topological polar surface area (TPSA) is 55.2 Å². The van der Waals surface area contributed by atoms with Gasteiger partial charge in [0.2, 0.25) is 0 Å². The van der Waals surface area contributed by atoms with Crippen molar-refractivity contribution >= 4 is 0 Å². The quantitative estimate of drug-likeness (QED) is 0.340. The molecule has 0 radical (unpaired) electrons. The molecule has 0 spiro atoms. The van der Waals surface area contributed by atoms with E-state index in [1.807, 2.05) is 20.8 Å². The number of hydrogen-bond donors (Lipinski definition) is 1. The zero-order valence-electron chi connectivity index (χ0n) is 5.97. The van der Waals surface area contributed by atoms with Crippen molar-refractivity contribution in [1.29, 1.82) is 0 Å². The smallest absolute Gasteiger partial charge is 0.257 e. The van der Waals surface area contributed by atoms with E-state index in [0.717, 1.165) is 0 Å². The number of nitrogens with one attached hydrogen (secondary N) is 1. The Balaban J connectivity index is 3.39. The molecule has 1 N–H and O–H groups in total. The molecule has 0 aliphatic rings. The first kappa shape index (κ1) is 8.36. The molecule has 4 nitrogen and oxygen atoms in total. The summed E-state index contributed by atoms with van der Waals surface area (Å²) < 4.78 is 0. The van der Waals surface area contributed by atoms with Crippen molar-refractivity contribution in [2.24, 2.45) is 0 Å². The molecular weight excluding hydrogens is 120 g/mol. The lowest BCUT2D eigenvalue weighted by atomic mass is 10.1. The zero-order chi connectivity index (χ0) is 7.49. The van der Waals surface area contributed by atoms with Crippen molar-refractivity contribution in [1.82, 2.24) is 5.32 Å². The maximum Gasteiger partial charge on any atom is 0.257 e. The van der Waals surface area contributed by atoms with Crippen molar-refractivity contribution in [3.8, 4) is 0 Å². The fraction of sp³-hybridized carbons (Fsp3) is 1.00. The first-order valence-corrected chi connectivity index (χ1v) is 2.78. The Morgan fingerprint density at radius 3 is 2.11 bits per heavy atom. The van der Waals surface area contributed by atoms with Crippen LogP contribution in [0.4, 0.5) is 0 Å². The monoisotopic (exact) mass is 132 g/mol. The van der Waals surface area contributed by atoms with Crippen molar-refractivity contribution in [2.45, 2.75) is 26.3 Å². The maximum atomic E-state index is 9.79. The highest BCUT2D eigenvalue weighted by atomic mass is 16.6. The van der Waals surface area contributed by atoms with Gasteiger partial charge < -0.3 is 0 Å². The molecule has 0 heterocycles. The average Bonchev–Trinajstić information content (AvgIpc) is 1.59. The summed E-state index contributed by atoms with van der Waals surface area (Å²) in [5, 5.41) is 12.5. The summed E-state index contributed by atoms with van der Waals surface area (Å²) in [7, 11) is 0. The van der Waals surface area contributed by atoms with Gasteiger partial charge in [-0.15, -0.1) is 0 Å². The highest BCUT2D eigenvalue weighted by molar-refractivity contribution is 4.66. The van der Waals surface area contributed by atoms with Crippen molar-refractivity contribution in [3.05, 3.63) is 10.1 Å². The summed E-state index contributed by atoms with van der Waals surface area (Å²) in [6, 6.07) is 0. The molecule has 0 saturated heterocycles. The fourth-order valence-electron chi connectivity index (χ4n) is 0.302. The van der Waals surface area contributed by atoms with Gasteiger partial charge >= 0.3 is 0 Å². The van der Waals surface area contributed by atoms with Gasteiger partial charge in [-0.3, -0.25) is 15.4 Å². The molecule has 0 aromatic rings. The third kappa shape index (κ3) is 7.36. The Morgan fingerprint density at radius 2 is 2.00 bits per heavy atom. The number of hydrogen-bond acceptors (Lipinski definition) is 3. The third-order valence-electron chi connectivity index (χ3n) is 0.738. The zero-order valence-corrected chi connectivity index (χ0v) is 5.97. The lowest BCUT2D eigenvalue weighted by Crippen LogP contribution is -2.39. The van der Waals surface area contributed by atoms with E-state index >= 15 is 0 Å². The summed E-state index contributed by atoms with van der Waals surface area (Å²) in [5.74, 6) is 0. The Kier molecular flexibility index (Phi) is 2.58. The minimum atomic E-state index is -0.384. The molecule has 4 heteroatoms. The SMILES string of the molecule is CC(C)(C)NC[N+](=O)[O-]. The predicted octanol–water partition coefficient (Wildman–Crippen LogP) is 0.609. The molecule has 0 aromatic heterocycles. The molecule has 0 saturated carbocycles. The molecule has 0 atom stereocenters. The molecule has 0 aromatic carbocycles. The van der Waals surface area contributed by atoms with Crippen LogP contribution in [-0.4, -0.2) is 17.1 Å². The molecule has 0 bridgehead atoms. The first-order valence-electron chi connectivity index (χ1n) is 2.78. The van der Waals surface area contributed by atoms with E-state index in [1.54, 1.807) is 0 Å². The molecular formula is C5H12N2O2. The molecule has 9 heavy (non-hydrogen) atoms. The van der Waals surface area contributed by atoms with Crippen molar-refractivity contribution in [3.63, 3.8) is 0 Å². The van der Waals surface area contributed by atoms with Gasteiger partial charge in [-0.05, 0) is 20.8 Å². The summed E-state index contributed by atoms with van der Waals surface area (Å²) in [5.41, 5.74) is -0.160. The summed E-state index contributed by atoms with van der Waals surface area (Å²) in [6.45, 7) is 5.49. The fourth-order valence-corrected chi connectivity index (χ4v) is 0.302. The van der Waals surface area contributed by atoms with Gasteiger partial charge in [0.1, 0.15) is 0 Å². The van der Waals surface area contributed by atoms with E-state index in [-0.39, 0.29) is 17.1 Å². The largest absolute Gasteiger partial charge is 0.263 e. The lowest BCUT2D eigenvalue weighted by molar-refractivity contribution is -0.487. The summed E-state index contributed by atoms with van der Waals surface area (Å²) in [6.07, 6.45) is 0. The highest BCUT2D eigenvalue weighted by Gasteiger charge is 2.10. The van der Waals surface area contributed by atoms with Gasteiger partial charge in [-0.2, -0.15) is 0 Å². The van der Waals surface area contributed by atoms with Crippen LogP contribution in [-0.2, 0) is 0 Å². The van der Waals surface area contributed by atoms with Gasteiger partial charge in [0.05, 0.1) is 0 Å².